The second-order valence-electron chi connectivity index (χ2n) is 11.0. The van der Waals surface area contributed by atoms with Gasteiger partial charge in [0.1, 0.15) is 0 Å². The Morgan fingerprint density at radius 2 is 1.71 bits per heavy atom. The maximum absolute atomic E-state index is 13.3. The molecule has 4 fully saturated rings. The van der Waals surface area contributed by atoms with Crippen LogP contribution in [0.3, 0.4) is 0 Å². The molecule has 1 unspecified atom stereocenters. The molecule has 194 valence electrons. The van der Waals surface area contributed by atoms with Crippen LogP contribution in [0.25, 0.3) is 0 Å². The van der Waals surface area contributed by atoms with Crippen LogP contribution in [0, 0.1) is 23.2 Å². The molecule has 7 heteroatoms. The van der Waals surface area contributed by atoms with Crippen molar-refractivity contribution in [2.75, 3.05) is 24.6 Å². The first-order chi connectivity index (χ1) is 15.6. The van der Waals surface area contributed by atoms with Gasteiger partial charge in [-0.25, -0.2) is 0 Å². The van der Waals surface area contributed by atoms with E-state index in [-0.39, 0.29) is 36.8 Å². The number of nitrogens with two attached hydrogens (primary N) is 1. The van der Waals surface area contributed by atoms with Gasteiger partial charge in [-0.2, -0.15) is 11.8 Å². The number of nitrogens with zero attached hydrogens (tertiary/aromatic N) is 2. The van der Waals surface area contributed by atoms with Crippen molar-refractivity contribution in [1.82, 2.24) is 9.88 Å². The summed E-state index contributed by atoms with van der Waals surface area (Å²) in [5, 5.41) is 0. The molecule has 0 aliphatic heterocycles. The summed E-state index contributed by atoms with van der Waals surface area (Å²) in [7, 11) is 0. The zero-order valence-electron chi connectivity index (χ0n) is 20.8. The second kappa shape index (κ2) is 14.3. The van der Waals surface area contributed by atoms with Crippen molar-refractivity contribution in [1.29, 1.82) is 0 Å². The van der Waals surface area contributed by atoms with Crippen LogP contribution < -0.4 is 5.73 Å². The number of unbranched alkanes of at least 4 members (excludes halogenated alkanes) is 2. The minimum absolute atomic E-state index is 0. The van der Waals surface area contributed by atoms with Crippen LogP contribution in [0.15, 0.2) is 24.5 Å². The molecule has 1 aromatic rings. The second-order valence-corrected chi connectivity index (χ2v) is 12.1. The van der Waals surface area contributed by atoms with Crippen LogP contribution in [0.5, 0.6) is 0 Å². The van der Waals surface area contributed by atoms with Gasteiger partial charge in [-0.15, -0.1) is 24.8 Å². The highest BCUT2D eigenvalue weighted by Crippen LogP contribution is 2.61. The van der Waals surface area contributed by atoms with E-state index in [9.17, 15) is 4.79 Å². The van der Waals surface area contributed by atoms with E-state index in [2.05, 4.69) is 28.9 Å². The molecule has 1 heterocycles. The molecule has 4 nitrogen and oxygen atoms in total. The normalized spacial score (nSPS) is 27.5. The first kappa shape index (κ1) is 29.7. The molecule has 4 aliphatic carbocycles. The van der Waals surface area contributed by atoms with Crippen molar-refractivity contribution >= 4 is 42.5 Å². The number of rotatable bonds is 13. The molecule has 0 spiro atoms. The highest BCUT2D eigenvalue weighted by Gasteiger charge is 2.50. The van der Waals surface area contributed by atoms with Crippen molar-refractivity contribution < 1.29 is 4.79 Å². The molecule has 1 aromatic heterocycles. The molecule has 1 amide bonds. The van der Waals surface area contributed by atoms with E-state index in [0.29, 0.717) is 11.2 Å². The van der Waals surface area contributed by atoms with E-state index in [1.165, 1.54) is 63.4 Å². The maximum Gasteiger partial charge on any atom is 0.240 e. The van der Waals surface area contributed by atoms with Gasteiger partial charge in [0.2, 0.25) is 5.91 Å². The Morgan fingerprint density at radius 3 is 2.29 bits per heavy atom. The summed E-state index contributed by atoms with van der Waals surface area (Å²) in [5.41, 5.74) is 8.24. The molecule has 0 saturated heterocycles. The highest BCUT2D eigenvalue weighted by atomic mass is 35.5. The van der Waals surface area contributed by atoms with Crippen molar-refractivity contribution in [3.05, 3.63) is 30.1 Å². The number of pyridine rings is 1. The van der Waals surface area contributed by atoms with E-state index in [1.54, 1.807) is 11.8 Å². The number of halogens is 2. The van der Waals surface area contributed by atoms with Crippen molar-refractivity contribution in [3.8, 4) is 0 Å². The Morgan fingerprint density at radius 1 is 1.09 bits per heavy atom. The van der Waals surface area contributed by atoms with Gasteiger partial charge in [-0.05, 0) is 104 Å². The number of aryl methyl sites for hydroxylation is 1. The van der Waals surface area contributed by atoms with Gasteiger partial charge >= 0.3 is 0 Å². The molecule has 34 heavy (non-hydrogen) atoms. The Balaban J connectivity index is 0.00000204. The van der Waals surface area contributed by atoms with Crippen molar-refractivity contribution in [2.45, 2.75) is 83.6 Å². The predicted molar refractivity (Wildman–Crippen MR) is 149 cm³/mol. The van der Waals surface area contributed by atoms with E-state index < -0.39 is 0 Å². The van der Waals surface area contributed by atoms with Gasteiger partial charge in [0.25, 0.3) is 0 Å². The Labute approximate surface area is 223 Å². The topological polar surface area (TPSA) is 59.2 Å². The quantitative estimate of drug-likeness (QED) is 0.311. The van der Waals surface area contributed by atoms with Gasteiger partial charge in [0.05, 0.1) is 6.04 Å². The summed E-state index contributed by atoms with van der Waals surface area (Å²) in [6.07, 6.45) is 18.1. The van der Waals surface area contributed by atoms with Gasteiger partial charge < -0.3 is 10.6 Å². The fraction of sp³-hybridized carbons (Fsp3) is 0.778. The van der Waals surface area contributed by atoms with Crippen LogP contribution in [0.4, 0.5) is 0 Å². The molecule has 0 aromatic carbocycles. The van der Waals surface area contributed by atoms with Crippen LogP contribution in [0.1, 0.15) is 76.7 Å². The van der Waals surface area contributed by atoms with Crippen molar-refractivity contribution in [3.63, 3.8) is 0 Å². The summed E-state index contributed by atoms with van der Waals surface area (Å²) in [6.45, 7) is 4.03. The average Bonchev–Trinajstić information content (AvgIpc) is 2.78. The Bertz CT molecular complexity index is 701. The molecular weight excluding hydrogens is 485 g/mol. The summed E-state index contributed by atoms with van der Waals surface area (Å²) < 4.78 is 0. The smallest absolute Gasteiger partial charge is 0.240 e. The third-order valence-corrected chi connectivity index (χ3v) is 9.41. The number of hydrogen-bond donors (Lipinski definition) is 1. The molecule has 5 rings (SSSR count). The number of aromatic nitrogens is 1. The van der Waals surface area contributed by atoms with E-state index in [4.69, 9.17) is 5.73 Å². The first-order valence-electron chi connectivity index (χ1n) is 13.1. The molecule has 1 atom stereocenters. The largest absolute Gasteiger partial charge is 0.341 e. The fourth-order valence-corrected chi connectivity index (χ4v) is 8.05. The standard InChI is InChI=1S/C27H43N3OS.2ClH/c1-2-3-4-11-30(12-8-27-17-22-14-23(18-27)16-24(15-22)19-27)26(31)25(28)20-32-13-7-21-5-9-29-10-6-21;;/h5-6,9-10,22-25H,2-4,7-8,11-20,28H2,1H3;2*1H. The predicted octanol–water partition coefficient (Wildman–Crippen LogP) is 6.15. The van der Waals surface area contributed by atoms with Crippen LogP contribution in [0.2, 0.25) is 0 Å². The van der Waals surface area contributed by atoms with Crippen molar-refractivity contribution in [2.24, 2.45) is 28.9 Å². The Hall–Kier alpha value is -0.490. The number of amides is 1. The van der Waals surface area contributed by atoms with Crippen LogP contribution in [-0.2, 0) is 11.2 Å². The average molecular weight is 531 g/mol. The number of hydrogen-bond acceptors (Lipinski definition) is 4. The SMILES string of the molecule is CCCCCN(CCC12CC3CC(CC(C3)C1)C2)C(=O)C(N)CSCCc1ccncc1.Cl.Cl. The molecule has 4 bridgehead atoms. The fourth-order valence-electron chi connectivity index (χ4n) is 7.11. The summed E-state index contributed by atoms with van der Waals surface area (Å²) in [6, 6.07) is 3.74. The van der Waals surface area contributed by atoms with Gasteiger partial charge in [0.15, 0.2) is 0 Å². The number of carbonyl (C=O) groups excluding carboxylic acids is 1. The Kier molecular flexibility index (Phi) is 12.5. The molecule has 4 aliphatic rings. The number of carbonyl (C=O) groups is 1. The van der Waals surface area contributed by atoms with Crippen LogP contribution in [-0.4, -0.2) is 46.4 Å². The van der Waals surface area contributed by atoms with Crippen LogP contribution >= 0.6 is 36.6 Å². The van der Waals surface area contributed by atoms with E-state index in [1.807, 2.05) is 12.4 Å². The maximum atomic E-state index is 13.3. The van der Waals surface area contributed by atoms with Gasteiger partial charge in [0, 0.05) is 31.2 Å². The van der Waals surface area contributed by atoms with Gasteiger partial charge in [-0.1, -0.05) is 19.8 Å². The zero-order valence-corrected chi connectivity index (χ0v) is 23.3. The molecule has 4 saturated carbocycles. The summed E-state index contributed by atoms with van der Waals surface area (Å²) in [5.74, 6) is 4.82. The lowest BCUT2D eigenvalue weighted by molar-refractivity contribution is -0.133. The summed E-state index contributed by atoms with van der Waals surface area (Å²) >= 11 is 1.80. The first-order valence-corrected chi connectivity index (χ1v) is 14.2. The monoisotopic (exact) mass is 529 g/mol. The van der Waals surface area contributed by atoms with Gasteiger partial charge in [-0.3, -0.25) is 9.78 Å². The minimum atomic E-state index is -0.379. The lowest BCUT2D eigenvalue weighted by Crippen LogP contribution is -2.50. The lowest BCUT2D eigenvalue weighted by Gasteiger charge is -2.57. The minimum Gasteiger partial charge on any atom is -0.341 e. The zero-order chi connectivity index (χ0) is 22.4. The lowest BCUT2D eigenvalue weighted by atomic mass is 9.49. The third-order valence-electron chi connectivity index (χ3n) is 8.32. The highest BCUT2D eigenvalue weighted by molar-refractivity contribution is 7.99. The third kappa shape index (κ3) is 8.01. The summed E-state index contributed by atoms with van der Waals surface area (Å²) in [4.78, 5) is 19.5. The molecule has 0 radical (unpaired) electrons. The van der Waals surface area contributed by atoms with E-state index >= 15 is 0 Å². The van der Waals surface area contributed by atoms with E-state index in [0.717, 1.165) is 49.4 Å². The molecular formula is C27H45Cl2N3OS. The number of thioether (sulfide) groups is 1. The molecule has 2 N–H and O–H groups in total.